The maximum atomic E-state index is 11.7. The van der Waals surface area contributed by atoms with E-state index in [2.05, 4.69) is 9.62 Å². The molecule has 1 aromatic rings. The van der Waals surface area contributed by atoms with Gasteiger partial charge in [-0.1, -0.05) is 12.1 Å². The summed E-state index contributed by atoms with van der Waals surface area (Å²) in [6.45, 7) is 1.78. The van der Waals surface area contributed by atoms with Gasteiger partial charge in [-0.3, -0.25) is 4.79 Å². The molecule has 2 rings (SSSR count). The van der Waals surface area contributed by atoms with E-state index in [1.165, 1.54) is 14.1 Å². The Morgan fingerprint density at radius 3 is 2.57 bits per heavy atom. The molecule has 0 bridgehead atoms. The standard InChI is InChI=1S/C15H24N4O3S/c1-18(2)23(21,22)17-10-12-5-7-14(8-6-12)19-9-3-4-13(11-19)15(16)20/h5-8,13,17H,3-4,9-11H2,1-2H3,(H2,16,20). The summed E-state index contributed by atoms with van der Waals surface area (Å²) in [7, 11) is -0.456. The number of hydrogen-bond donors (Lipinski definition) is 2. The molecule has 1 saturated heterocycles. The van der Waals surface area contributed by atoms with Gasteiger partial charge in [0.1, 0.15) is 0 Å². The number of amides is 1. The number of primary amides is 1. The van der Waals surface area contributed by atoms with Crippen molar-refractivity contribution in [3.63, 3.8) is 0 Å². The van der Waals surface area contributed by atoms with E-state index in [0.717, 1.165) is 34.9 Å². The molecule has 0 aliphatic carbocycles. The molecule has 1 unspecified atom stereocenters. The van der Waals surface area contributed by atoms with Crippen LogP contribution in [0.4, 0.5) is 5.69 Å². The molecule has 1 aromatic carbocycles. The van der Waals surface area contributed by atoms with Crippen LogP contribution in [0, 0.1) is 5.92 Å². The number of piperidine rings is 1. The number of hydrogen-bond acceptors (Lipinski definition) is 4. The third kappa shape index (κ3) is 4.66. The van der Waals surface area contributed by atoms with Crippen LogP contribution in [0.3, 0.4) is 0 Å². The number of benzene rings is 1. The van der Waals surface area contributed by atoms with E-state index in [4.69, 9.17) is 5.73 Å². The quantitative estimate of drug-likeness (QED) is 0.778. The van der Waals surface area contributed by atoms with E-state index in [9.17, 15) is 13.2 Å². The molecule has 0 spiro atoms. The first-order valence-corrected chi connectivity index (χ1v) is 9.04. The zero-order valence-corrected chi connectivity index (χ0v) is 14.3. The van der Waals surface area contributed by atoms with Gasteiger partial charge in [0.15, 0.2) is 0 Å². The maximum Gasteiger partial charge on any atom is 0.279 e. The van der Waals surface area contributed by atoms with Crippen molar-refractivity contribution in [1.29, 1.82) is 0 Å². The van der Waals surface area contributed by atoms with Gasteiger partial charge >= 0.3 is 0 Å². The van der Waals surface area contributed by atoms with Gasteiger partial charge in [-0.05, 0) is 30.5 Å². The van der Waals surface area contributed by atoms with Gasteiger partial charge in [0.2, 0.25) is 5.91 Å². The lowest BCUT2D eigenvalue weighted by atomic mass is 9.97. The fraction of sp³-hybridized carbons (Fsp3) is 0.533. The molecule has 23 heavy (non-hydrogen) atoms. The Morgan fingerprint density at radius 2 is 2.00 bits per heavy atom. The number of nitrogens with two attached hydrogens (primary N) is 1. The Hall–Kier alpha value is -1.64. The average molecular weight is 340 g/mol. The van der Waals surface area contributed by atoms with Crippen molar-refractivity contribution < 1.29 is 13.2 Å². The topological polar surface area (TPSA) is 95.7 Å². The maximum absolute atomic E-state index is 11.7. The Balaban J connectivity index is 1.98. The zero-order chi connectivity index (χ0) is 17.0. The molecular weight excluding hydrogens is 316 g/mol. The SMILES string of the molecule is CN(C)S(=O)(=O)NCc1ccc(N2CCCC(C(N)=O)C2)cc1. The van der Waals surface area contributed by atoms with Gasteiger partial charge in [-0.2, -0.15) is 17.4 Å². The largest absolute Gasteiger partial charge is 0.371 e. The number of nitrogens with zero attached hydrogens (tertiary/aromatic N) is 2. The summed E-state index contributed by atoms with van der Waals surface area (Å²) in [6.07, 6.45) is 1.79. The van der Waals surface area contributed by atoms with Crippen molar-refractivity contribution in [1.82, 2.24) is 9.03 Å². The monoisotopic (exact) mass is 340 g/mol. The molecule has 3 N–H and O–H groups in total. The van der Waals surface area contributed by atoms with E-state index in [1.807, 2.05) is 24.3 Å². The van der Waals surface area contributed by atoms with Crippen LogP contribution in [0.25, 0.3) is 0 Å². The van der Waals surface area contributed by atoms with E-state index < -0.39 is 10.2 Å². The summed E-state index contributed by atoms with van der Waals surface area (Å²) in [6, 6.07) is 7.67. The molecule has 1 amide bonds. The van der Waals surface area contributed by atoms with Crippen molar-refractivity contribution in [3.8, 4) is 0 Å². The Labute approximate surface area is 137 Å². The minimum atomic E-state index is -3.42. The van der Waals surface area contributed by atoms with Crippen LogP contribution in [0.2, 0.25) is 0 Å². The Kier molecular flexibility index (Phi) is 5.61. The molecule has 1 atom stereocenters. The molecular formula is C15H24N4O3S. The lowest BCUT2D eigenvalue weighted by Crippen LogP contribution is -2.41. The van der Waals surface area contributed by atoms with Crippen LogP contribution in [-0.2, 0) is 21.5 Å². The zero-order valence-electron chi connectivity index (χ0n) is 13.5. The number of rotatable bonds is 6. The van der Waals surface area contributed by atoms with E-state index in [-0.39, 0.29) is 18.4 Å². The Morgan fingerprint density at radius 1 is 1.35 bits per heavy atom. The molecule has 7 nitrogen and oxygen atoms in total. The van der Waals surface area contributed by atoms with Crippen molar-refractivity contribution in [2.24, 2.45) is 11.7 Å². The molecule has 128 valence electrons. The Bertz CT molecular complexity index is 643. The lowest BCUT2D eigenvalue weighted by Gasteiger charge is -2.33. The highest BCUT2D eigenvalue weighted by Crippen LogP contribution is 2.23. The normalized spacial score (nSPS) is 19.1. The van der Waals surface area contributed by atoms with Crippen molar-refractivity contribution in [2.75, 3.05) is 32.1 Å². The summed E-state index contributed by atoms with van der Waals surface area (Å²) in [5, 5.41) is 0. The summed E-state index contributed by atoms with van der Waals surface area (Å²) >= 11 is 0. The smallest absolute Gasteiger partial charge is 0.279 e. The predicted molar refractivity (Wildman–Crippen MR) is 90.0 cm³/mol. The van der Waals surface area contributed by atoms with Crippen molar-refractivity contribution >= 4 is 21.8 Å². The highest BCUT2D eigenvalue weighted by Gasteiger charge is 2.24. The summed E-state index contributed by atoms with van der Waals surface area (Å²) < 4.78 is 27.0. The van der Waals surface area contributed by atoms with E-state index in [0.29, 0.717) is 6.54 Å². The first-order chi connectivity index (χ1) is 10.8. The van der Waals surface area contributed by atoms with Gasteiger partial charge in [0, 0.05) is 39.4 Å². The second kappa shape index (κ2) is 7.29. The molecule has 0 saturated carbocycles. The molecule has 1 heterocycles. The minimum Gasteiger partial charge on any atom is -0.371 e. The molecule has 1 aliphatic rings. The van der Waals surface area contributed by atoms with E-state index in [1.54, 1.807) is 0 Å². The van der Waals surface area contributed by atoms with Crippen LogP contribution in [-0.4, -0.2) is 45.8 Å². The van der Waals surface area contributed by atoms with Gasteiger partial charge in [0.25, 0.3) is 10.2 Å². The van der Waals surface area contributed by atoms with Crippen LogP contribution < -0.4 is 15.4 Å². The molecule has 1 aliphatic heterocycles. The predicted octanol–water partition coefficient (Wildman–Crippen LogP) is 0.284. The van der Waals surface area contributed by atoms with Gasteiger partial charge in [-0.15, -0.1) is 0 Å². The number of anilines is 1. The first-order valence-electron chi connectivity index (χ1n) is 7.60. The first kappa shape index (κ1) is 17.7. The van der Waals surface area contributed by atoms with Gasteiger partial charge in [0.05, 0.1) is 5.92 Å². The van der Waals surface area contributed by atoms with Crippen LogP contribution in [0.15, 0.2) is 24.3 Å². The second-order valence-corrected chi connectivity index (χ2v) is 7.93. The summed E-state index contributed by atoms with van der Waals surface area (Å²) in [4.78, 5) is 13.5. The highest BCUT2D eigenvalue weighted by atomic mass is 32.2. The number of carbonyl (C=O) groups excluding carboxylic acids is 1. The van der Waals surface area contributed by atoms with Crippen molar-refractivity contribution in [3.05, 3.63) is 29.8 Å². The molecule has 0 aromatic heterocycles. The molecule has 0 radical (unpaired) electrons. The second-order valence-electron chi connectivity index (χ2n) is 5.96. The van der Waals surface area contributed by atoms with Gasteiger partial charge in [-0.25, -0.2) is 0 Å². The fourth-order valence-corrected chi connectivity index (χ4v) is 3.18. The van der Waals surface area contributed by atoms with Crippen LogP contribution in [0.5, 0.6) is 0 Å². The number of carbonyl (C=O) groups is 1. The third-order valence-electron chi connectivity index (χ3n) is 4.06. The molecule has 8 heteroatoms. The lowest BCUT2D eigenvalue weighted by molar-refractivity contribution is -0.122. The average Bonchev–Trinajstić information content (AvgIpc) is 2.53. The van der Waals surface area contributed by atoms with Crippen LogP contribution in [0.1, 0.15) is 18.4 Å². The molecule has 1 fully saturated rings. The number of nitrogens with one attached hydrogen (secondary N) is 1. The van der Waals surface area contributed by atoms with E-state index >= 15 is 0 Å². The van der Waals surface area contributed by atoms with Gasteiger partial charge < -0.3 is 10.6 Å². The minimum absolute atomic E-state index is 0.102. The fourth-order valence-electron chi connectivity index (χ4n) is 2.57. The third-order valence-corrected chi connectivity index (χ3v) is 5.54. The summed E-state index contributed by atoms with van der Waals surface area (Å²) in [5.74, 6) is -0.347. The van der Waals surface area contributed by atoms with Crippen molar-refractivity contribution in [2.45, 2.75) is 19.4 Å². The van der Waals surface area contributed by atoms with Crippen LogP contribution >= 0.6 is 0 Å². The highest BCUT2D eigenvalue weighted by molar-refractivity contribution is 7.87. The summed E-state index contributed by atoms with van der Waals surface area (Å²) in [5.41, 5.74) is 7.30.